The van der Waals surface area contributed by atoms with Gasteiger partial charge in [-0.25, -0.2) is 9.78 Å². The Morgan fingerprint density at radius 1 is 1.24 bits per heavy atom. The summed E-state index contributed by atoms with van der Waals surface area (Å²) < 4.78 is 6.79. The fourth-order valence-electron chi connectivity index (χ4n) is 2.98. The highest BCUT2D eigenvalue weighted by Gasteiger charge is 2.15. The van der Waals surface area contributed by atoms with Gasteiger partial charge < -0.3 is 10.1 Å². The van der Waals surface area contributed by atoms with E-state index in [2.05, 4.69) is 10.3 Å². The number of thiazole rings is 1. The van der Waals surface area contributed by atoms with Gasteiger partial charge in [0.25, 0.3) is 5.56 Å². The van der Waals surface area contributed by atoms with Crippen LogP contribution in [0.2, 0.25) is 0 Å². The second-order valence-corrected chi connectivity index (χ2v) is 7.95. The molecule has 1 N–H and O–H groups in total. The Labute approximate surface area is 172 Å². The van der Waals surface area contributed by atoms with Crippen LogP contribution in [0.1, 0.15) is 47.6 Å². The van der Waals surface area contributed by atoms with Crippen molar-refractivity contribution in [2.45, 2.75) is 40.2 Å². The van der Waals surface area contributed by atoms with E-state index in [9.17, 15) is 14.4 Å². The van der Waals surface area contributed by atoms with Gasteiger partial charge in [0.1, 0.15) is 6.61 Å². The van der Waals surface area contributed by atoms with Crippen LogP contribution in [-0.2, 0) is 16.1 Å². The number of amides is 1. The first kappa shape index (κ1) is 20.7. The number of nitrogens with one attached hydrogen (secondary N) is 1. The number of aromatic nitrogens is 2. The van der Waals surface area contributed by atoms with E-state index in [1.807, 2.05) is 20.8 Å². The van der Waals surface area contributed by atoms with Crippen LogP contribution in [0.25, 0.3) is 4.96 Å². The van der Waals surface area contributed by atoms with Crippen LogP contribution in [0.5, 0.6) is 0 Å². The van der Waals surface area contributed by atoms with Crippen molar-refractivity contribution >= 4 is 33.9 Å². The van der Waals surface area contributed by atoms with Crippen LogP contribution in [0.3, 0.4) is 0 Å². The van der Waals surface area contributed by atoms with Gasteiger partial charge in [-0.2, -0.15) is 0 Å². The number of esters is 1. The number of rotatable bonds is 7. The first-order valence-electron chi connectivity index (χ1n) is 9.48. The van der Waals surface area contributed by atoms with Crippen molar-refractivity contribution in [1.82, 2.24) is 9.38 Å². The number of benzene rings is 1. The van der Waals surface area contributed by atoms with Crippen LogP contribution in [0.15, 0.2) is 41.3 Å². The van der Waals surface area contributed by atoms with Crippen molar-refractivity contribution < 1.29 is 14.3 Å². The van der Waals surface area contributed by atoms with Gasteiger partial charge in [0.15, 0.2) is 4.96 Å². The van der Waals surface area contributed by atoms with Crippen LogP contribution in [-0.4, -0.2) is 21.3 Å². The lowest BCUT2D eigenvalue weighted by Gasteiger charge is -2.13. The van der Waals surface area contributed by atoms with E-state index in [0.29, 0.717) is 21.9 Å². The number of carbonyl (C=O) groups excluding carboxylic acids is 2. The molecule has 0 bridgehead atoms. The Morgan fingerprint density at radius 2 is 2.00 bits per heavy atom. The minimum Gasteiger partial charge on any atom is -0.456 e. The monoisotopic (exact) mass is 413 g/mol. The molecule has 0 saturated heterocycles. The van der Waals surface area contributed by atoms with Crippen molar-refractivity contribution in [1.29, 1.82) is 0 Å². The summed E-state index contributed by atoms with van der Waals surface area (Å²) in [6.45, 7) is 5.73. The molecule has 0 aliphatic heterocycles. The Balaban J connectivity index is 1.68. The number of hydrogen-bond donors (Lipinski definition) is 1. The average molecular weight is 413 g/mol. The van der Waals surface area contributed by atoms with E-state index in [-0.39, 0.29) is 24.0 Å². The van der Waals surface area contributed by atoms with Gasteiger partial charge in [-0.3, -0.25) is 14.0 Å². The standard InChI is InChI=1S/C21H23N3O4S/c1-4-14(5-2)19(26)22-16-8-6-7-15(9-16)20(27)28-12-17-10-18(25)24-11-13(3)29-21(24)23-17/h6-11,14H,4-5,12H2,1-3H3,(H,22,26). The van der Waals surface area contributed by atoms with Crippen LogP contribution in [0.4, 0.5) is 5.69 Å². The van der Waals surface area contributed by atoms with Gasteiger partial charge in [-0.05, 0) is 38.0 Å². The summed E-state index contributed by atoms with van der Waals surface area (Å²) in [4.78, 5) is 42.7. The molecule has 2 heterocycles. The van der Waals surface area contributed by atoms with Crippen LogP contribution >= 0.6 is 11.3 Å². The molecule has 7 nitrogen and oxygen atoms in total. The normalized spacial score (nSPS) is 11.0. The molecule has 0 saturated carbocycles. The fraction of sp³-hybridized carbons (Fsp3) is 0.333. The van der Waals surface area contributed by atoms with Crippen LogP contribution < -0.4 is 10.9 Å². The smallest absolute Gasteiger partial charge is 0.338 e. The highest BCUT2D eigenvalue weighted by Crippen LogP contribution is 2.17. The van der Waals surface area contributed by atoms with E-state index in [0.717, 1.165) is 17.7 Å². The minimum atomic E-state index is -0.548. The lowest BCUT2D eigenvalue weighted by Crippen LogP contribution is -2.21. The zero-order chi connectivity index (χ0) is 21.0. The minimum absolute atomic E-state index is 0.0633. The first-order valence-corrected chi connectivity index (χ1v) is 10.3. The second kappa shape index (κ2) is 9.00. The SMILES string of the molecule is CCC(CC)C(=O)Nc1cccc(C(=O)OCc2cc(=O)n3cc(C)sc3n2)c1. The molecule has 0 aliphatic carbocycles. The van der Waals surface area contributed by atoms with Crippen molar-refractivity contribution in [3.8, 4) is 0 Å². The van der Waals surface area contributed by atoms with Crippen LogP contribution in [0, 0.1) is 12.8 Å². The number of carbonyl (C=O) groups is 2. The quantitative estimate of drug-likeness (QED) is 0.595. The zero-order valence-corrected chi connectivity index (χ0v) is 17.4. The number of fused-ring (bicyclic) bond motifs is 1. The molecular weight excluding hydrogens is 390 g/mol. The van der Waals surface area contributed by atoms with E-state index in [1.165, 1.54) is 21.8 Å². The van der Waals surface area contributed by atoms with Gasteiger partial charge in [-0.15, -0.1) is 11.3 Å². The Hall–Kier alpha value is -3.00. The Morgan fingerprint density at radius 3 is 2.72 bits per heavy atom. The molecule has 3 rings (SSSR count). The molecule has 0 unspecified atom stereocenters. The van der Waals surface area contributed by atoms with Gasteiger partial charge in [0.2, 0.25) is 5.91 Å². The highest BCUT2D eigenvalue weighted by atomic mass is 32.1. The summed E-state index contributed by atoms with van der Waals surface area (Å²) in [7, 11) is 0. The third-order valence-corrected chi connectivity index (χ3v) is 5.51. The largest absolute Gasteiger partial charge is 0.456 e. The Bertz CT molecular complexity index is 1100. The van der Waals surface area contributed by atoms with E-state index < -0.39 is 5.97 Å². The number of ether oxygens (including phenoxy) is 1. The van der Waals surface area contributed by atoms with E-state index in [1.54, 1.807) is 30.5 Å². The third-order valence-electron chi connectivity index (χ3n) is 4.61. The molecule has 29 heavy (non-hydrogen) atoms. The molecule has 1 aromatic carbocycles. The lowest BCUT2D eigenvalue weighted by atomic mass is 10.0. The average Bonchev–Trinajstić information content (AvgIpc) is 3.08. The molecule has 2 aromatic heterocycles. The summed E-state index contributed by atoms with van der Waals surface area (Å²) in [6, 6.07) is 7.97. The lowest BCUT2D eigenvalue weighted by molar-refractivity contribution is -0.120. The van der Waals surface area contributed by atoms with Gasteiger partial charge >= 0.3 is 5.97 Å². The van der Waals surface area contributed by atoms with Crippen molar-refractivity contribution in [3.05, 3.63) is 63.0 Å². The predicted octanol–water partition coefficient (Wildman–Crippen LogP) is 3.80. The molecule has 3 aromatic rings. The molecule has 0 fully saturated rings. The molecule has 0 radical (unpaired) electrons. The van der Waals surface area contributed by atoms with E-state index in [4.69, 9.17) is 4.74 Å². The predicted molar refractivity (Wildman–Crippen MR) is 112 cm³/mol. The molecular formula is C21H23N3O4S. The van der Waals surface area contributed by atoms with Crippen molar-refractivity contribution in [2.24, 2.45) is 5.92 Å². The molecule has 0 atom stereocenters. The van der Waals surface area contributed by atoms with Crippen molar-refractivity contribution in [2.75, 3.05) is 5.32 Å². The summed E-state index contributed by atoms with van der Waals surface area (Å²) in [5.74, 6) is -0.677. The van der Waals surface area contributed by atoms with Gasteiger partial charge in [-0.1, -0.05) is 19.9 Å². The maximum atomic E-state index is 12.4. The topological polar surface area (TPSA) is 89.8 Å². The zero-order valence-electron chi connectivity index (χ0n) is 16.6. The summed E-state index contributed by atoms with van der Waals surface area (Å²) in [6.07, 6.45) is 3.24. The second-order valence-electron chi connectivity index (χ2n) is 6.74. The number of aryl methyl sites for hydroxylation is 1. The number of hydrogen-bond acceptors (Lipinski definition) is 6. The van der Waals surface area contributed by atoms with Gasteiger partial charge in [0.05, 0.1) is 11.3 Å². The highest BCUT2D eigenvalue weighted by molar-refractivity contribution is 7.16. The maximum absolute atomic E-state index is 12.4. The molecule has 8 heteroatoms. The van der Waals surface area contributed by atoms with Gasteiger partial charge in [0, 0.05) is 28.7 Å². The van der Waals surface area contributed by atoms with E-state index >= 15 is 0 Å². The maximum Gasteiger partial charge on any atom is 0.338 e. The molecule has 0 aliphatic rings. The third kappa shape index (κ3) is 4.89. The van der Waals surface area contributed by atoms with Crippen molar-refractivity contribution in [3.63, 3.8) is 0 Å². The Kier molecular flexibility index (Phi) is 6.43. The molecule has 152 valence electrons. The number of nitrogens with zero attached hydrogens (tertiary/aromatic N) is 2. The summed E-state index contributed by atoms with van der Waals surface area (Å²) in [5.41, 5.74) is 1.04. The number of anilines is 1. The molecule has 1 amide bonds. The molecule has 0 spiro atoms. The summed E-state index contributed by atoms with van der Waals surface area (Å²) in [5, 5.41) is 2.84. The fourth-order valence-corrected chi connectivity index (χ4v) is 3.83. The summed E-state index contributed by atoms with van der Waals surface area (Å²) >= 11 is 1.40. The first-order chi connectivity index (χ1) is 13.9.